The number of ether oxygens (including phenoxy) is 1. The van der Waals surface area contributed by atoms with Gasteiger partial charge in [0.15, 0.2) is 0 Å². The number of nitrogens with one attached hydrogen (secondary N) is 3. The lowest BCUT2D eigenvalue weighted by molar-refractivity contribution is 0.102. The van der Waals surface area contributed by atoms with Gasteiger partial charge in [0.25, 0.3) is 5.91 Å². The molecule has 0 bridgehead atoms. The average Bonchev–Trinajstić information content (AvgIpc) is 3.23. The van der Waals surface area contributed by atoms with Crippen LogP contribution in [0.4, 0.5) is 16.2 Å². The quantitative estimate of drug-likeness (QED) is 0.427. The summed E-state index contributed by atoms with van der Waals surface area (Å²) in [5, 5.41) is 8.54. The molecule has 0 atom stereocenters. The van der Waals surface area contributed by atoms with E-state index in [9.17, 15) is 9.59 Å². The Bertz CT molecular complexity index is 1270. The van der Waals surface area contributed by atoms with E-state index in [0.29, 0.717) is 35.0 Å². The first-order valence-electron chi connectivity index (χ1n) is 10.1. The van der Waals surface area contributed by atoms with E-state index >= 15 is 0 Å². The summed E-state index contributed by atoms with van der Waals surface area (Å²) in [6, 6.07) is 18.1. The van der Waals surface area contributed by atoms with Crippen LogP contribution in [0.2, 0.25) is 0 Å². The van der Waals surface area contributed by atoms with Crippen molar-refractivity contribution in [3.63, 3.8) is 0 Å². The van der Waals surface area contributed by atoms with Gasteiger partial charge in [-0.3, -0.25) is 9.20 Å². The van der Waals surface area contributed by atoms with Gasteiger partial charge in [-0.2, -0.15) is 0 Å². The first-order chi connectivity index (χ1) is 15.5. The molecule has 4 aromatic rings. The minimum absolute atomic E-state index is 0.280. The van der Waals surface area contributed by atoms with Crippen LogP contribution >= 0.6 is 0 Å². The number of pyridine rings is 1. The standard InChI is InChI=1S/C24H23N5O3/c1-16-8-9-17(14-26-24(31)27-18-6-4-3-5-7-18)12-20(16)28-23(30)21-15-25-22-13-19(32-2)10-11-29(21)22/h3-13,15H,14H2,1-2H3,(H,28,30)(H2,26,27,31). The number of hydrogen-bond acceptors (Lipinski definition) is 4. The number of imidazole rings is 1. The maximum absolute atomic E-state index is 12.9. The summed E-state index contributed by atoms with van der Waals surface area (Å²) < 4.78 is 6.90. The first-order valence-corrected chi connectivity index (χ1v) is 10.1. The highest BCUT2D eigenvalue weighted by Crippen LogP contribution is 2.20. The molecule has 2 aromatic carbocycles. The van der Waals surface area contributed by atoms with Gasteiger partial charge in [0, 0.05) is 30.2 Å². The number of amides is 3. The van der Waals surface area contributed by atoms with Crippen LogP contribution in [-0.2, 0) is 6.54 Å². The fourth-order valence-electron chi connectivity index (χ4n) is 3.24. The molecule has 0 unspecified atom stereocenters. The number of hydrogen-bond donors (Lipinski definition) is 3. The van der Waals surface area contributed by atoms with Gasteiger partial charge in [0.05, 0.1) is 13.3 Å². The molecule has 8 nitrogen and oxygen atoms in total. The molecular weight excluding hydrogens is 406 g/mol. The second-order valence-electron chi connectivity index (χ2n) is 7.22. The SMILES string of the molecule is COc1ccn2c(C(=O)Nc3cc(CNC(=O)Nc4ccccc4)ccc3C)cnc2c1. The number of anilines is 2. The van der Waals surface area contributed by atoms with Gasteiger partial charge in [-0.1, -0.05) is 30.3 Å². The number of nitrogens with zero attached hydrogens (tertiary/aromatic N) is 2. The van der Waals surface area contributed by atoms with Crippen LogP contribution in [0.3, 0.4) is 0 Å². The van der Waals surface area contributed by atoms with Crippen molar-refractivity contribution in [2.75, 3.05) is 17.7 Å². The Labute approximate surface area is 185 Å². The van der Waals surface area contributed by atoms with Crippen LogP contribution < -0.4 is 20.7 Å². The normalized spacial score (nSPS) is 10.6. The second-order valence-corrected chi connectivity index (χ2v) is 7.22. The molecule has 0 fully saturated rings. The van der Waals surface area contributed by atoms with Gasteiger partial charge in [0.1, 0.15) is 17.1 Å². The highest BCUT2D eigenvalue weighted by molar-refractivity contribution is 6.04. The Hall–Kier alpha value is -4.33. The summed E-state index contributed by atoms with van der Waals surface area (Å²) in [4.78, 5) is 29.3. The smallest absolute Gasteiger partial charge is 0.319 e. The predicted molar refractivity (Wildman–Crippen MR) is 123 cm³/mol. The van der Waals surface area contributed by atoms with Crippen LogP contribution in [0, 0.1) is 6.92 Å². The Morgan fingerprint density at radius 3 is 2.62 bits per heavy atom. The van der Waals surface area contributed by atoms with Crippen molar-refractivity contribution in [3.05, 3.63) is 89.9 Å². The van der Waals surface area contributed by atoms with Gasteiger partial charge in [-0.15, -0.1) is 0 Å². The average molecular weight is 429 g/mol. The van der Waals surface area contributed by atoms with Crippen molar-refractivity contribution >= 4 is 29.0 Å². The summed E-state index contributed by atoms with van der Waals surface area (Å²) >= 11 is 0. The molecule has 2 aromatic heterocycles. The van der Waals surface area contributed by atoms with Crippen LogP contribution in [0.15, 0.2) is 73.1 Å². The minimum Gasteiger partial charge on any atom is -0.497 e. The zero-order valence-corrected chi connectivity index (χ0v) is 17.8. The number of para-hydroxylation sites is 1. The van der Waals surface area contributed by atoms with E-state index in [-0.39, 0.29) is 11.9 Å². The largest absolute Gasteiger partial charge is 0.497 e. The molecule has 162 valence electrons. The first kappa shape index (κ1) is 20.9. The van der Waals surface area contributed by atoms with Crippen LogP contribution in [0.1, 0.15) is 21.6 Å². The highest BCUT2D eigenvalue weighted by atomic mass is 16.5. The molecule has 4 rings (SSSR count). The van der Waals surface area contributed by atoms with E-state index < -0.39 is 0 Å². The summed E-state index contributed by atoms with van der Waals surface area (Å²) in [6.45, 7) is 2.23. The second kappa shape index (κ2) is 9.22. The molecule has 32 heavy (non-hydrogen) atoms. The van der Waals surface area contributed by atoms with Gasteiger partial charge in [-0.25, -0.2) is 9.78 Å². The number of aromatic nitrogens is 2. The van der Waals surface area contributed by atoms with Crippen molar-refractivity contribution in [2.45, 2.75) is 13.5 Å². The molecule has 0 saturated heterocycles. The van der Waals surface area contributed by atoms with E-state index in [0.717, 1.165) is 11.1 Å². The van der Waals surface area contributed by atoms with E-state index in [1.165, 1.54) is 6.20 Å². The number of benzene rings is 2. The molecule has 0 aliphatic carbocycles. The van der Waals surface area contributed by atoms with Gasteiger partial charge in [-0.05, 0) is 42.3 Å². The molecule has 3 N–H and O–H groups in total. The summed E-state index contributed by atoms with van der Waals surface area (Å²) in [6.07, 6.45) is 3.27. The zero-order chi connectivity index (χ0) is 22.5. The zero-order valence-electron chi connectivity index (χ0n) is 17.8. The van der Waals surface area contributed by atoms with Crippen LogP contribution in [-0.4, -0.2) is 28.4 Å². The van der Waals surface area contributed by atoms with Crippen molar-refractivity contribution < 1.29 is 14.3 Å². The van der Waals surface area contributed by atoms with Gasteiger partial charge < -0.3 is 20.7 Å². The van der Waals surface area contributed by atoms with E-state index in [1.807, 2.05) is 55.5 Å². The van der Waals surface area contributed by atoms with E-state index in [1.54, 1.807) is 29.8 Å². The lowest BCUT2D eigenvalue weighted by atomic mass is 10.1. The Morgan fingerprint density at radius 1 is 1.03 bits per heavy atom. The third-order valence-electron chi connectivity index (χ3n) is 4.99. The molecule has 8 heteroatoms. The lowest BCUT2D eigenvalue weighted by Gasteiger charge is -2.12. The van der Waals surface area contributed by atoms with Crippen LogP contribution in [0.5, 0.6) is 5.75 Å². The predicted octanol–water partition coefficient (Wildman–Crippen LogP) is 4.23. The summed E-state index contributed by atoms with van der Waals surface area (Å²) in [5.41, 5.74) is 4.18. The van der Waals surface area contributed by atoms with E-state index in [4.69, 9.17) is 4.74 Å². The Kier molecular flexibility index (Phi) is 6.03. The number of aryl methyl sites for hydroxylation is 1. The highest BCUT2D eigenvalue weighted by Gasteiger charge is 2.14. The molecule has 3 amide bonds. The Morgan fingerprint density at radius 2 is 1.84 bits per heavy atom. The summed E-state index contributed by atoms with van der Waals surface area (Å²) in [5.74, 6) is 0.389. The number of methoxy groups -OCH3 is 1. The molecule has 0 radical (unpaired) electrons. The molecule has 0 spiro atoms. The fourth-order valence-corrected chi connectivity index (χ4v) is 3.24. The third-order valence-corrected chi connectivity index (χ3v) is 4.99. The molecule has 0 saturated carbocycles. The van der Waals surface area contributed by atoms with Crippen molar-refractivity contribution in [1.82, 2.24) is 14.7 Å². The molecule has 0 aliphatic rings. The third kappa shape index (κ3) is 4.70. The molecular formula is C24H23N5O3. The van der Waals surface area contributed by atoms with E-state index in [2.05, 4.69) is 20.9 Å². The number of fused-ring (bicyclic) bond motifs is 1. The Balaban J connectivity index is 1.43. The molecule has 2 heterocycles. The van der Waals surface area contributed by atoms with Crippen molar-refractivity contribution in [3.8, 4) is 5.75 Å². The minimum atomic E-state index is -0.302. The lowest BCUT2D eigenvalue weighted by Crippen LogP contribution is -2.28. The summed E-state index contributed by atoms with van der Waals surface area (Å²) in [7, 11) is 1.58. The number of urea groups is 1. The van der Waals surface area contributed by atoms with Crippen molar-refractivity contribution in [1.29, 1.82) is 0 Å². The number of carbonyl (C=O) groups is 2. The monoisotopic (exact) mass is 429 g/mol. The van der Waals surface area contributed by atoms with Gasteiger partial charge in [0.2, 0.25) is 0 Å². The van der Waals surface area contributed by atoms with Gasteiger partial charge >= 0.3 is 6.03 Å². The maximum atomic E-state index is 12.9. The van der Waals surface area contributed by atoms with Crippen molar-refractivity contribution in [2.24, 2.45) is 0 Å². The number of carbonyl (C=O) groups excluding carboxylic acids is 2. The van der Waals surface area contributed by atoms with Crippen LogP contribution in [0.25, 0.3) is 5.65 Å². The fraction of sp³-hybridized carbons (Fsp3) is 0.125. The number of rotatable bonds is 6. The maximum Gasteiger partial charge on any atom is 0.319 e. The topological polar surface area (TPSA) is 96.8 Å². The molecule has 0 aliphatic heterocycles.